The van der Waals surface area contributed by atoms with Gasteiger partial charge >= 0.3 is 5.97 Å². The van der Waals surface area contributed by atoms with Crippen LogP contribution in [0, 0.1) is 0 Å². The van der Waals surface area contributed by atoms with Crippen molar-refractivity contribution in [1.82, 2.24) is 10.3 Å². The Kier molecular flexibility index (Phi) is 8.07. The first-order chi connectivity index (χ1) is 10.0. The van der Waals surface area contributed by atoms with Gasteiger partial charge in [0.1, 0.15) is 10.6 Å². The highest BCUT2D eigenvalue weighted by molar-refractivity contribution is 7.99. The van der Waals surface area contributed by atoms with E-state index in [2.05, 4.69) is 10.3 Å². The van der Waals surface area contributed by atoms with E-state index in [0.717, 1.165) is 36.6 Å². The molecule has 1 aromatic rings. The van der Waals surface area contributed by atoms with Crippen LogP contribution in [0.3, 0.4) is 0 Å². The lowest BCUT2D eigenvalue weighted by Crippen LogP contribution is -2.50. The van der Waals surface area contributed by atoms with Crippen LogP contribution in [0.2, 0.25) is 5.02 Å². The smallest absolute Gasteiger partial charge is 0.325 e. The molecule has 0 saturated carbocycles. The van der Waals surface area contributed by atoms with Gasteiger partial charge in [0.2, 0.25) is 0 Å². The standard InChI is InChI=1S/C15H23ClN2O2S/c1-4-18-15(2,14(19)20-3)9-5-6-11-21-13-12(16)8-7-10-17-13/h7-8,10,18H,4-6,9,11H2,1-3H3. The Labute approximate surface area is 136 Å². The summed E-state index contributed by atoms with van der Waals surface area (Å²) in [4.78, 5) is 16.1. The molecule has 1 unspecified atom stereocenters. The lowest BCUT2D eigenvalue weighted by molar-refractivity contribution is -0.148. The quantitative estimate of drug-likeness (QED) is 0.426. The average Bonchev–Trinajstić information content (AvgIpc) is 2.48. The van der Waals surface area contributed by atoms with Crippen molar-refractivity contribution in [3.05, 3.63) is 23.4 Å². The van der Waals surface area contributed by atoms with E-state index in [9.17, 15) is 4.79 Å². The molecule has 1 aromatic heterocycles. The molecule has 1 rings (SSSR count). The topological polar surface area (TPSA) is 51.2 Å². The zero-order chi connectivity index (χ0) is 15.7. The van der Waals surface area contributed by atoms with Crippen molar-refractivity contribution < 1.29 is 9.53 Å². The first-order valence-electron chi connectivity index (χ1n) is 7.10. The van der Waals surface area contributed by atoms with Gasteiger partial charge in [-0.3, -0.25) is 4.79 Å². The van der Waals surface area contributed by atoms with Crippen molar-refractivity contribution in [2.45, 2.75) is 43.7 Å². The van der Waals surface area contributed by atoms with E-state index in [1.165, 1.54) is 7.11 Å². The molecule has 0 aromatic carbocycles. The zero-order valence-electron chi connectivity index (χ0n) is 12.8. The van der Waals surface area contributed by atoms with E-state index in [-0.39, 0.29) is 5.97 Å². The fraction of sp³-hybridized carbons (Fsp3) is 0.600. The molecular formula is C15H23ClN2O2S. The summed E-state index contributed by atoms with van der Waals surface area (Å²) in [7, 11) is 1.43. The minimum Gasteiger partial charge on any atom is -0.468 e. The number of esters is 1. The number of methoxy groups -OCH3 is 1. The normalized spacial score (nSPS) is 13.7. The van der Waals surface area contributed by atoms with Crippen molar-refractivity contribution >= 4 is 29.3 Å². The second-order valence-corrected chi connectivity index (χ2v) is 6.44. The van der Waals surface area contributed by atoms with E-state index in [1.54, 1.807) is 18.0 Å². The Morgan fingerprint density at radius 1 is 1.52 bits per heavy atom. The summed E-state index contributed by atoms with van der Waals surface area (Å²) in [5, 5.41) is 4.76. The van der Waals surface area contributed by atoms with Crippen LogP contribution in [0.15, 0.2) is 23.4 Å². The molecule has 0 amide bonds. The van der Waals surface area contributed by atoms with Crippen LogP contribution in [-0.2, 0) is 9.53 Å². The number of halogens is 1. The number of unbranched alkanes of at least 4 members (excludes halogenated alkanes) is 1. The van der Waals surface area contributed by atoms with Gasteiger partial charge in [0.15, 0.2) is 0 Å². The number of nitrogens with one attached hydrogen (secondary N) is 1. The van der Waals surface area contributed by atoms with Gasteiger partial charge in [0, 0.05) is 6.20 Å². The van der Waals surface area contributed by atoms with Crippen molar-refractivity contribution in [3.8, 4) is 0 Å². The first-order valence-corrected chi connectivity index (χ1v) is 8.46. The van der Waals surface area contributed by atoms with E-state index in [4.69, 9.17) is 16.3 Å². The fourth-order valence-corrected chi connectivity index (χ4v) is 3.27. The van der Waals surface area contributed by atoms with E-state index < -0.39 is 5.54 Å². The second-order valence-electron chi connectivity index (χ2n) is 4.95. The zero-order valence-corrected chi connectivity index (χ0v) is 14.4. The van der Waals surface area contributed by atoms with Gasteiger partial charge in [-0.15, -0.1) is 11.8 Å². The number of nitrogens with zero attached hydrogens (tertiary/aromatic N) is 1. The number of rotatable bonds is 9. The molecule has 21 heavy (non-hydrogen) atoms. The van der Waals surface area contributed by atoms with Gasteiger partial charge < -0.3 is 10.1 Å². The third-order valence-electron chi connectivity index (χ3n) is 3.24. The van der Waals surface area contributed by atoms with Crippen LogP contribution < -0.4 is 5.32 Å². The maximum Gasteiger partial charge on any atom is 0.325 e. The summed E-state index contributed by atoms with van der Waals surface area (Å²) in [6, 6.07) is 3.67. The Morgan fingerprint density at radius 3 is 2.90 bits per heavy atom. The molecule has 1 N–H and O–H groups in total. The predicted molar refractivity (Wildman–Crippen MR) is 87.9 cm³/mol. The van der Waals surface area contributed by atoms with Crippen molar-refractivity contribution in [2.24, 2.45) is 0 Å². The summed E-state index contributed by atoms with van der Waals surface area (Å²) in [5.74, 6) is 0.727. The number of pyridine rings is 1. The highest BCUT2D eigenvalue weighted by atomic mass is 35.5. The van der Waals surface area contributed by atoms with Crippen molar-refractivity contribution in [1.29, 1.82) is 0 Å². The van der Waals surface area contributed by atoms with Gasteiger partial charge in [0.05, 0.1) is 12.1 Å². The van der Waals surface area contributed by atoms with E-state index in [0.29, 0.717) is 5.02 Å². The van der Waals surface area contributed by atoms with Crippen LogP contribution in [0.5, 0.6) is 0 Å². The molecule has 0 bridgehead atoms. The number of aromatic nitrogens is 1. The van der Waals surface area contributed by atoms with Gasteiger partial charge in [-0.25, -0.2) is 4.98 Å². The molecule has 0 radical (unpaired) electrons. The lowest BCUT2D eigenvalue weighted by atomic mass is 9.95. The SMILES string of the molecule is CCNC(C)(CCCCSc1ncccc1Cl)C(=O)OC. The minimum atomic E-state index is -0.600. The Balaban J connectivity index is 2.35. The monoisotopic (exact) mass is 330 g/mol. The lowest BCUT2D eigenvalue weighted by Gasteiger charge is -2.27. The van der Waals surface area contributed by atoms with Gasteiger partial charge in [-0.2, -0.15) is 0 Å². The molecule has 0 aliphatic rings. The van der Waals surface area contributed by atoms with Crippen LogP contribution in [-0.4, -0.2) is 35.9 Å². The molecule has 0 saturated heterocycles. The number of thioether (sulfide) groups is 1. The van der Waals surface area contributed by atoms with Gasteiger partial charge in [0.25, 0.3) is 0 Å². The summed E-state index contributed by atoms with van der Waals surface area (Å²) in [6.07, 6.45) is 4.43. The minimum absolute atomic E-state index is 0.204. The third-order valence-corrected chi connectivity index (χ3v) is 4.75. The first kappa shape index (κ1) is 18.3. The van der Waals surface area contributed by atoms with Crippen molar-refractivity contribution in [3.63, 3.8) is 0 Å². The highest BCUT2D eigenvalue weighted by Gasteiger charge is 2.32. The number of hydrogen-bond acceptors (Lipinski definition) is 5. The Morgan fingerprint density at radius 2 is 2.29 bits per heavy atom. The van der Waals surface area contributed by atoms with Crippen LogP contribution in [0.25, 0.3) is 0 Å². The molecular weight excluding hydrogens is 308 g/mol. The molecule has 6 heteroatoms. The fourth-order valence-electron chi connectivity index (χ4n) is 2.10. The average molecular weight is 331 g/mol. The maximum atomic E-state index is 11.8. The molecule has 118 valence electrons. The molecule has 0 spiro atoms. The maximum absolute atomic E-state index is 11.8. The Bertz CT molecular complexity index is 459. The van der Waals surface area contributed by atoms with Crippen molar-refractivity contribution in [2.75, 3.05) is 19.4 Å². The van der Waals surface area contributed by atoms with Crippen LogP contribution >= 0.6 is 23.4 Å². The number of likely N-dealkylation sites (N-methyl/N-ethyl adjacent to an activating group) is 1. The summed E-state index contributed by atoms with van der Waals surface area (Å²) < 4.78 is 4.88. The van der Waals surface area contributed by atoms with E-state index in [1.807, 2.05) is 26.0 Å². The predicted octanol–water partition coefficient (Wildman–Crippen LogP) is 3.54. The second kappa shape index (κ2) is 9.28. The van der Waals surface area contributed by atoms with Crippen LogP contribution in [0.1, 0.15) is 33.1 Å². The Hall–Kier alpha value is -0.780. The highest BCUT2D eigenvalue weighted by Crippen LogP contribution is 2.25. The van der Waals surface area contributed by atoms with Crippen LogP contribution in [0.4, 0.5) is 0 Å². The molecule has 0 aliphatic heterocycles. The number of hydrogen-bond donors (Lipinski definition) is 1. The number of carbonyl (C=O) groups excluding carboxylic acids is 1. The third kappa shape index (κ3) is 5.85. The molecule has 0 aliphatic carbocycles. The van der Waals surface area contributed by atoms with Gasteiger partial charge in [-0.1, -0.05) is 24.9 Å². The number of ether oxygens (including phenoxy) is 1. The molecule has 1 heterocycles. The molecule has 1 atom stereocenters. The number of carbonyl (C=O) groups is 1. The molecule has 4 nitrogen and oxygen atoms in total. The van der Waals surface area contributed by atoms with Gasteiger partial charge in [-0.05, 0) is 44.2 Å². The largest absolute Gasteiger partial charge is 0.468 e. The molecule has 0 fully saturated rings. The summed E-state index contributed by atoms with van der Waals surface area (Å²) >= 11 is 7.70. The summed E-state index contributed by atoms with van der Waals surface area (Å²) in [6.45, 7) is 4.62. The van der Waals surface area contributed by atoms with E-state index >= 15 is 0 Å². The summed E-state index contributed by atoms with van der Waals surface area (Å²) in [5.41, 5.74) is -0.600.